The second-order valence-electron chi connectivity index (χ2n) is 5.50. The third-order valence-electron chi connectivity index (χ3n) is 4.19. The lowest BCUT2D eigenvalue weighted by Crippen LogP contribution is -2.35. The number of nitrogens with zero attached hydrogens (tertiary/aromatic N) is 3. The second kappa shape index (κ2) is 5.85. The van der Waals surface area contributed by atoms with E-state index < -0.39 is 0 Å². The minimum atomic E-state index is 0.367. The van der Waals surface area contributed by atoms with E-state index in [1.807, 2.05) is 35.9 Å². The zero-order chi connectivity index (χ0) is 14.8. The van der Waals surface area contributed by atoms with Gasteiger partial charge in [0.25, 0.3) is 0 Å². The summed E-state index contributed by atoms with van der Waals surface area (Å²) in [5, 5.41) is 4.52. The molecule has 0 spiro atoms. The maximum Gasteiger partial charge on any atom is 0.148 e. The van der Waals surface area contributed by atoms with Crippen LogP contribution in [-0.4, -0.2) is 35.1 Å². The summed E-state index contributed by atoms with van der Waals surface area (Å²) in [6, 6.07) is 7.89. The van der Waals surface area contributed by atoms with Crippen molar-refractivity contribution in [1.82, 2.24) is 14.8 Å². The van der Waals surface area contributed by atoms with E-state index in [2.05, 4.69) is 10.1 Å². The van der Waals surface area contributed by atoms with Crippen molar-refractivity contribution in [3.63, 3.8) is 0 Å². The molecule has 1 saturated carbocycles. The highest BCUT2D eigenvalue weighted by Gasteiger charge is 2.32. The smallest absolute Gasteiger partial charge is 0.148 e. The Labute approximate surface area is 124 Å². The van der Waals surface area contributed by atoms with Crippen molar-refractivity contribution < 1.29 is 9.47 Å². The van der Waals surface area contributed by atoms with Crippen LogP contribution in [0.2, 0.25) is 0 Å². The molecule has 0 bridgehead atoms. The fraction of sp³-hybridized carbons (Fsp3) is 0.500. The average Bonchev–Trinajstić information content (AvgIpc) is 2.85. The molecule has 5 heteroatoms. The van der Waals surface area contributed by atoms with Gasteiger partial charge in [-0.2, -0.15) is 5.10 Å². The Balaban J connectivity index is 1.84. The van der Waals surface area contributed by atoms with E-state index in [0.717, 1.165) is 35.9 Å². The molecule has 1 aliphatic rings. The third kappa shape index (κ3) is 2.78. The van der Waals surface area contributed by atoms with Crippen LogP contribution in [0.5, 0.6) is 5.75 Å². The first kappa shape index (κ1) is 14.1. The second-order valence-corrected chi connectivity index (χ2v) is 5.50. The standard InChI is InChI=1S/C16H21N3O2/c1-11-17-16(10-12-4-9-15(12)21-3)19(18-11)13-5-7-14(20-2)8-6-13/h5-8,12,15H,4,9-10H2,1-3H3. The number of rotatable bonds is 5. The van der Waals surface area contributed by atoms with Gasteiger partial charge < -0.3 is 9.47 Å². The summed E-state index contributed by atoms with van der Waals surface area (Å²) in [5.74, 6) is 3.20. The maximum atomic E-state index is 5.48. The Hall–Kier alpha value is -1.88. The molecule has 2 unspecified atom stereocenters. The Kier molecular flexibility index (Phi) is 3.92. The van der Waals surface area contributed by atoms with Crippen LogP contribution in [-0.2, 0) is 11.2 Å². The summed E-state index contributed by atoms with van der Waals surface area (Å²) < 4.78 is 12.6. The van der Waals surface area contributed by atoms with E-state index in [4.69, 9.17) is 9.47 Å². The van der Waals surface area contributed by atoms with Gasteiger partial charge >= 0.3 is 0 Å². The molecule has 1 fully saturated rings. The normalized spacial score (nSPS) is 21.1. The van der Waals surface area contributed by atoms with Gasteiger partial charge in [-0.1, -0.05) is 0 Å². The Morgan fingerprint density at radius 1 is 1.19 bits per heavy atom. The summed E-state index contributed by atoms with van der Waals surface area (Å²) in [7, 11) is 3.46. The van der Waals surface area contributed by atoms with Crippen LogP contribution < -0.4 is 4.74 Å². The molecule has 0 N–H and O–H groups in total. The molecule has 2 aromatic rings. The van der Waals surface area contributed by atoms with Gasteiger partial charge in [0.15, 0.2) is 0 Å². The largest absolute Gasteiger partial charge is 0.497 e. The minimum absolute atomic E-state index is 0.367. The van der Waals surface area contributed by atoms with Crippen molar-refractivity contribution in [2.24, 2.45) is 5.92 Å². The number of aromatic nitrogens is 3. The first-order valence-electron chi connectivity index (χ1n) is 7.31. The SMILES string of the molecule is COc1ccc(-n2nc(C)nc2CC2CCC2OC)cc1. The molecule has 0 amide bonds. The van der Waals surface area contributed by atoms with Gasteiger partial charge in [0, 0.05) is 13.5 Å². The zero-order valence-corrected chi connectivity index (χ0v) is 12.7. The van der Waals surface area contributed by atoms with Crippen LogP contribution in [0.25, 0.3) is 5.69 Å². The number of benzene rings is 1. The van der Waals surface area contributed by atoms with E-state index in [9.17, 15) is 0 Å². The maximum absolute atomic E-state index is 5.48. The first-order valence-corrected chi connectivity index (χ1v) is 7.31. The van der Waals surface area contributed by atoms with Gasteiger partial charge in [-0.3, -0.25) is 0 Å². The molecule has 0 saturated heterocycles. The van der Waals surface area contributed by atoms with Gasteiger partial charge in [-0.05, 0) is 49.9 Å². The average molecular weight is 287 g/mol. The van der Waals surface area contributed by atoms with E-state index in [1.165, 1.54) is 6.42 Å². The molecule has 1 heterocycles. The summed E-state index contributed by atoms with van der Waals surface area (Å²) in [4.78, 5) is 4.59. The summed E-state index contributed by atoms with van der Waals surface area (Å²) in [5.41, 5.74) is 1.01. The molecule has 0 radical (unpaired) electrons. The van der Waals surface area contributed by atoms with E-state index in [0.29, 0.717) is 12.0 Å². The molecular formula is C16H21N3O2. The lowest BCUT2D eigenvalue weighted by atomic mass is 9.79. The van der Waals surface area contributed by atoms with Crippen LogP contribution in [0.1, 0.15) is 24.5 Å². The lowest BCUT2D eigenvalue weighted by molar-refractivity contribution is -0.0167. The van der Waals surface area contributed by atoms with Gasteiger partial charge in [0.2, 0.25) is 0 Å². The van der Waals surface area contributed by atoms with Crippen LogP contribution in [0.15, 0.2) is 24.3 Å². The highest BCUT2D eigenvalue weighted by atomic mass is 16.5. The quantitative estimate of drug-likeness (QED) is 0.848. The van der Waals surface area contributed by atoms with E-state index in [1.54, 1.807) is 14.2 Å². The molecule has 1 aromatic heterocycles. The summed E-state index contributed by atoms with van der Waals surface area (Å²) >= 11 is 0. The molecule has 21 heavy (non-hydrogen) atoms. The van der Waals surface area contributed by atoms with Crippen molar-refractivity contribution in [2.75, 3.05) is 14.2 Å². The van der Waals surface area contributed by atoms with Gasteiger partial charge in [-0.15, -0.1) is 0 Å². The van der Waals surface area contributed by atoms with Crippen molar-refractivity contribution in [3.05, 3.63) is 35.9 Å². The van der Waals surface area contributed by atoms with Crippen LogP contribution in [0, 0.1) is 12.8 Å². The van der Waals surface area contributed by atoms with Crippen molar-refractivity contribution >= 4 is 0 Å². The minimum Gasteiger partial charge on any atom is -0.497 e. The van der Waals surface area contributed by atoms with Crippen molar-refractivity contribution in [1.29, 1.82) is 0 Å². The monoisotopic (exact) mass is 287 g/mol. The van der Waals surface area contributed by atoms with E-state index in [-0.39, 0.29) is 0 Å². The molecule has 0 aliphatic heterocycles. The first-order chi connectivity index (χ1) is 10.2. The molecule has 1 aromatic carbocycles. The Morgan fingerprint density at radius 3 is 2.52 bits per heavy atom. The molecular weight excluding hydrogens is 266 g/mol. The molecule has 5 nitrogen and oxygen atoms in total. The van der Waals surface area contributed by atoms with Gasteiger partial charge in [0.05, 0.1) is 18.9 Å². The lowest BCUT2D eigenvalue weighted by Gasteiger charge is -2.35. The number of ether oxygens (including phenoxy) is 2. The van der Waals surface area contributed by atoms with Gasteiger partial charge in [0.1, 0.15) is 17.4 Å². The Morgan fingerprint density at radius 2 is 1.95 bits per heavy atom. The molecule has 112 valence electrons. The van der Waals surface area contributed by atoms with Crippen LogP contribution >= 0.6 is 0 Å². The number of hydrogen-bond acceptors (Lipinski definition) is 4. The third-order valence-corrected chi connectivity index (χ3v) is 4.19. The molecule has 2 atom stereocenters. The van der Waals surface area contributed by atoms with Crippen LogP contribution in [0.3, 0.4) is 0 Å². The summed E-state index contributed by atoms with van der Waals surface area (Å²) in [6.07, 6.45) is 3.63. The number of hydrogen-bond donors (Lipinski definition) is 0. The molecule has 1 aliphatic carbocycles. The highest BCUT2D eigenvalue weighted by Crippen LogP contribution is 2.32. The van der Waals surface area contributed by atoms with Crippen molar-refractivity contribution in [3.8, 4) is 11.4 Å². The molecule has 3 rings (SSSR count). The fourth-order valence-corrected chi connectivity index (χ4v) is 2.84. The van der Waals surface area contributed by atoms with Gasteiger partial charge in [-0.25, -0.2) is 9.67 Å². The zero-order valence-electron chi connectivity index (χ0n) is 12.7. The predicted molar refractivity (Wildman–Crippen MR) is 79.9 cm³/mol. The van der Waals surface area contributed by atoms with E-state index >= 15 is 0 Å². The predicted octanol–water partition coefficient (Wildman–Crippen LogP) is 2.55. The highest BCUT2D eigenvalue weighted by molar-refractivity contribution is 5.37. The number of aryl methyl sites for hydroxylation is 1. The topological polar surface area (TPSA) is 49.2 Å². The van der Waals surface area contributed by atoms with Crippen molar-refractivity contribution in [2.45, 2.75) is 32.3 Å². The number of methoxy groups -OCH3 is 2. The fourth-order valence-electron chi connectivity index (χ4n) is 2.84. The Bertz CT molecular complexity index is 604. The summed E-state index contributed by atoms with van der Waals surface area (Å²) in [6.45, 7) is 1.93. The van der Waals surface area contributed by atoms with Crippen LogP contribution in [0.4, 0.5) is 0 Å².